The summed E-state index contributed by atoms with van der Waals surface area (Å²) in [5.41, 5.74) is -0.546. The number of hydrogen-bond acceptors (Lipinski definition) is 3. The van der Waals surface area contributed by atoms with Gasteiger partial charge in [-0.1, -0.05) is 38.8 Å². The third-order valence-electron chi connectivity index (χ3n) is 2.59. The number of aromatic nitrogens is 2. The summed E-state index contributed by atoms with van der Waals surface area (Å²) in [6.45, 7) is 1.92. The molecule has 0 amide bonds. The maximum Gasteiger partial charge on any atom is 0.417 e. The molecule has 0 saturated heterocycles. The molecule has 0 fully saturated rings. The minimum Gasteiger partial charge on any atom is -0.419 e. The largest absolute Gasteiger partial charge is 0.419 e. The summed E-state index contributed by atoms with van der Waals surface area (Å²) in [7, 11) is 0. The molecule has 1 aromatic carbocycles. The van der Waals surface area contributed by atoms with E-state index < -0.39 is 11.7 Å². The van der Waals surface area contributed by atoms with Crippen molar-refractivity contribution in [2.24, 2.45) is 0 Å². The molecular formula is C12H9Br2F3N2O. The molecule has 0 aliphatic rings. The van der Waals surface area contributed by atoms with Crippen molar-refractivity contribution in [1.82, 2.24) is 10.2 Å². The van der Waals surface area contributed by atoms with Gasteiger partial charge in [-0.15, -0.1) is 10.2 Å². The fraction of sp³-hybridized carbons (Fsp3) is 0.333. The Hall–Kier alpha value is -0.890. The van der Waals surface area contributed by atoms with Crippen molar-refractivity contribution in [1.29, 1.82) is 0 Å². The number of nitrogens with zero attached hydrogens (tertiary/aromatic N) is 2. The van der Waals surface area contributed by atoms with Crippen LogP contribution in [0, 0.1) is 0 Å². The molecule has 1 aromatic heterocycles. The third kappa shape index (κ3) is 3.22. The van der Waals surface area contributed by atoms with Gasteiger partial charge in [0, 0.05) is 10.0 Å². The van der Waals surface area contributed by atoms with Crippen LogP contribution in [0.5, 0.6) is 0 Å². The first-order valence-corrected chi connectivity index (χ1v) is 7.38. The predicted molar refractivity (Wildman–Crippen MR) is 74.4 cm³/mol. The molecule has 0 bridgehead atoms. The lowest BCUT2D eigenvalue weighted by Crippen LogP contribution is -2.06. The van der Waals surface area contributed by atoms with Crippen molar-refractivity contribution in [3.05, 3.63) is 34.1 Å². The van der Waals surface area contributed by atoms with Crippen LogP contribution in [-0.4, -0.2) is 10.2 Å². The number of rotatable bonds is 3. The zero-order valence-electron chi connectivity index (χ0n) is 10.2. The van der Waals surface area contributed by atoms with Gasteiger partial charge in [-0.2, -0.15) is 13.2 Å². The van der Waals surface area contributed by atoms with Gasteiger partial charge in [-0.3, -0.25) is 0 Å². The monoisotopic (exact) mass is 412 g/mol. The highest BCUT2D eigenvalue weighted by Crippen LogP contribution is 2.37. The van der Waals surface area contributed by atoms with Gasteiger partial charge >= 0.3 is 6.18 Å². The molecule has 1 unspecified atom stereocenters. The van der Waals surface area contributed by atoms with E-state index in [0.717, 1.165) is 12.5 Å². The molecule has 0 radical (unpaired) electrons. The summed E-state index contributed by atoms with van der Waals surface area (Å²) in [4.78, 5) is -0.110. The molecule has 0 aliphatic heterocycles. The van der Waals surface area contributed by atoms with Crippen LogP contribution in [0.15, 0.2) is 27.1 Å². The third-order valence-corrected chi connectivity index (χ3v) is 4.32. The Labute approximate surface area is 129 Å². The molecule has 8 heteroatoms. The molecule has 108 valence electrons. The van der Waals surface area contributed by atoms with Crippen molar-refractivity contribution in [3.8, 4) is 11.5 Å². The zero-order valence-corrected chi connectivity index (χ0v) is 13.4. The maximum atomic E-state index is 12.8. The highest BCUT2D eigenvalue weighted by molar-refractivity contribution is 9.10. The van der Waals surface area contributed by atoms with E-state index in [1.807, 2.05) is 6.92 Å². The van der Waals surface area contributed by atoms with Gasteiger partial charge in [-0.05, 0) is 24.6 Å². The van der Waals surface area contributed by atoms with Gasteiger partial charge in [0.1, 0.15) is 0 Å². The summed E-state index contributed by atoms with van der Waals surface area (Å²) in [6.07, 6.45) is -3.71. The average molecular weight is 414 g/mol. The molecule has 0 aliphatic carbocycles. The highest BCUT2D eigenvalue weighted by atomic mass is 79.9. The van der Waals surface area contributed by atoms with Crippen LogP contribution in [0.4, 0.5) is 13.2 Å². The predicted octanol–water partition coefficient (Wildman–Crippen LogP) is 5.36. The number of benzene rings is 1. The van der Waals surface area contributed by atoms with E-state index in [4.69, 9.17) is 4.42 Å². The Bertz CT molecular complexity index is 613. The fourth-order valence-electron chi connectivity index (χ4n) is 1.53. The van der Waals surface area contributed by atoms with Gasteiger partial charge in [0.25, 0.3) is 0 Å². The van der Waals surface area contributed by atoms with Crippen LogP contribution < -0.4 is 0 Å². The van der Waals surface area contributed by atoms with Crippen LogP contribution >= 0.6 is 31.9 Å². The van der Waals surface area contributed by atoms with Crippen molar-refractivity contribution >= 4 is 31.9 Å². The maximum absolute atomic E-state index is 12.8. The number of alkyl halides is 4. The molecular weight excluding hydrogens is 405 g/mol. The van der Waals surface area contributed by atoms with Crippen LogP contribution in [0.3, 0.4) is 0 Å². The minimum absolute atomic E-state index is 0.0274. The highest BCUT2D eigenvalue weighted by Gasteiger charge is 2.33. The van der Waals surface area contributed by atoms with Gasteiger partial charge in [0.15, 0.2) is 0 Å². The molecule has 1 heterocycles. The second-order valence-electron chi connectivity index (χ2n) is 4.01. The molecule has 2 rings (SSSR count). The van der Waals surface area contributed by atoms with E-state index in [1.165, 1.54) is 12.1 Å². The van der Waals surface area contributed by atoms with Crippen molar-refractivity contribution in [3.63, 3.8) is 0 Å². The Balaban J connectivity index is 2.41. The molecule has 0 saturated carbocycles. The Morgan fingerprint density at radius 2 is 2.00 bits per heavy atom. The van der Waals surface area contributed by atoms with E-state index in [2.05, 4.69) is 42.1 Å². The molecule has 2 aromatic rings. The lowest BCUT2D eigenvalue weighted by molar-refractivity contribution is -0.138. The van der Waals surface area contributed by atoms with Crippen LogP contribution in [0.1, 0.15) is 29.6 Å². The lowest BCUT2D eigenvalue weighted by atomic mass is 10.1. The van der Waals surface area contributed by atoms with Crippen molar-refractivity contribution in [2.45, 2.75) is 24.3 Å². The topological polar surface area (TPSA) is 38.9 Å². The van der Waals surface area contributed by atoms with E-state index >= 15 is 0 Å². The van der Waals surface area contributed by atoms with E-state index in [1.54, 1.807) is 0 Å². The summed E-state index contributed by atoms with van der Waals surface area (Å²) in [5, 5.41) is 7.60. The molecule has 3 nitrogen and oxygen atoms in total. The zero-order chi connectivity index (χ0) is 14.9. The van der Waals surface area contributed by atoms with Gasteiger partial charge in [0.05, 0.1) is 10.4 Å². The second-order valence-corrected chi connectivity index (χ2v) is 5.97. The van der Waals surface area contributed by atoms with Gasteiger partial charge in [-0.25, -0.2) is 0 Å². The molecule has 0 N–H and O–H groups in total. The number of halogens is 5. The summed E-state index contributed by atoms with van der Waals surface area (Å²) >= 11 is 6.23. The standard InChI is InChI=1S/C12H9Br2F3N2O/c1-2-8(13)11-19-18-10(20-11)6-3-4-9(14)7(5-6)12(15,16)17/h3-5,8H,2H2,1H3. The first-order chi connectivity index (χ1) is 9.32. The van der Waals surface area contributed by atoms with Crippen molar-refractivity contribution in [2.75, 3.05) is 0 Å². The van der Waals surface area contributed by atoms with Crippen LogP contribution in [0.2, 0.25) is 0 Å². The molecule has 1 atom stereocenters. The fourth-order valence-corrected chi connectivity index (χ4v) is 2.18. The Morgan fingerprint density at radius 3 is 2.60 bits per heavy atom. The van der Waals surface area contributed by atoms with E-state index in [0.29, 0.717) is 5.89 Å². The summed E-state index contributed by atoms with van der Waals surface area (Å²) < 4.78 is 43.8. The Morgan fingerprint density at radius 1 is 1.30 bits per heavy atom. The number of hydrogen-bond donors (Lipinski definition) is 0. The Kier molecular flexibility index (Phi) is 4.53. The van der Waals surface area contributed by atoms with Gasteiger partial charge in [0.2, 0.25) is 11.8 Å². The summed E-state index contributed by atoms with van der Waals surface area (Å²) in [5.74, 6) is 0.412. The average Bonchev–Trinajstić information content (AvgIpc) is 2.86. The second kappa shape index (κ2) is 5.85. The quantitative estimate of drug-likeness (QED) is 0.635. The van der Waals surface area contributed by atoms with Crippen LogP contribution in [0.25, 0.3) is 11.5 Å². The SMILES string of the molecule is CCC(Br)c1nnc(-c2ccc(Br)c(C(F)(F)F)c2)o1. The van der Waals surface area contributed by atoms with E-state index in [9.17, 15) is 13.2 Å². The molecule has 0 spiro atoms. The summed E-state index contributed by atoms with van der Waals surface area (Å²) in [6, 6.07) is 3.79. The lowest BCUT2D eigenvalue weighted by Gasteiger charge is -2.09. The smallest absolute Gasteiger partial charge is 0.417 e. The first-order valence-electron chi connectivity index (χ1n) is 5.67. The minimum atomic E-state index is -4.45. The van der Waals surface area contributed by atoms with Crippen molar-refractivity contribution < 1.29 is 17.6 Å². The molecule has 20 heavy (non-hydrogen) atoms. The van der Waals surface area contributed by atoms with Gasteiger partial charge < -0.3 is 4.42 Å². The normalized spacial score (nSPS) is 13.5. The van der Waals surface area contributed by atoms with E-state index in [-0.39, 0.29) is 20.8 Å². The first kappa shape index (κ1) is 15.5. The van der Waals surface area contributed by atoms with Crippen LogP contribution in [-0.2, 0) is 6.18 Å².